The summed E-state index contributed by atoms with van der Waals surface area (Å²) in [6.45, 7) is 5.15. The van der Waals surface area contributed by atoms with Crippen molar-refractivity contribution in [1.29, 1.82) is 0 Å². The molecule has 0 fully saturated rings. The molecule has 6 heteroatoms. The Morgan fingerprint density at radius 3 is 2.84 bits per heavy atom. The first-order valence-corrected chi connectivity index (χ1v) is 8.88. The average molecular weight is 343 g/mol. The van der Waals surface area contributed by atoms with Crippen LogP contribution in [0.2, 0.25) is 0 Å². The number of hydrogen-bond acceptors (Lipinski definition) is 3. The van der Waals surface area contributed by atoms with E-state index in [0.29, 0.717) is 11.1 Å². The van der Waals surface area contributed by atoms with Gasteiger partial charge in [0.1, 0.15) is 23.7 Å². The highest BCUT2D eigenvalue weighted by Gasteiger charge is 2.27. The molecule has 2 aromatic rings. The Bertz CT molecular complexity index is 830. The molecule has 1 amide bonds. The Morgan fingerprint density at radius 2 is 2.20 bits per heavy atom. The van der Waals surface area contributed by atoms with Crippen LogP contribution in [-0.2, 0) is 7.05 Å². The SMILES string of the molecule is CC(NC(=O)c1c[nH]c2c1nc(C1=CCCCC1)c[n+]2C)C(C)(C)O. The predicted molar refractivity (Wildman–Crippen MR) is 96.9 cm³/mol. The van der Waals surface area contributed by atoms with E-state index in [1.165, 1.54) is 18.4 Å². The molecule has 2 heterocycles. The predicted octanol–water partition coefficient (Wildman–Crippen LogP) is 2.23. The van der Waals surface area contributed by atoms with Gasteiger partial charge in [0.25, 0.3) is 5.91 Å². The Labute approximate surface area is 148 Å². The van der Waals surface area contributed by atoms with Crippen molar-refractivity contribution in [1.82, 2.24) is 15.3 Å². The van der Waals surface area contributed by atoms with Crippen molar-refractivity contribution in [3.05, 3.63) is 29.7 Å². The van der Waals surface area contributed by atoms with E-state index >= 15 is 0 Å². The maximum absolute atomic E-state index is 12.7. The average Bonchev–Trinajstić information content (AvgIpc) is 2.99. The summed E-state index contributed by atoms with van der Waals surface area (Å²) in [6, 6.07) is -0.372. The van der Waals surface area contributed by atoms with Crippen LogP contribution in [0.4, 0.5) is 0 Å². The van der Waals surface area contributed by atoms with Gasteiger partial charge in [0, 0.05) is 0 Å². The van der Waals surface area contributed by atoms with Crippen molar-refractivity contribution in [2.75, 3.05) is 0 Å². The van der Waals surface area contributed by atoms with Gasteiger partial charge in [-0.05, 0) is 52.0 Å². The summed E-state index contributed by atoms with van der Waals surface area (Å²) in [5.74, 6) is -0.233. The first-order chi connectivity index (χ1) is 11.8. The maximum atomic E-state index is 12.7. The molecule has 1 atom stereocenters. The molecule has 6 nitrogen and oxygen atoms in total. The monoisotopic (exact) mass is 343 g/mol. The molecule has 3 N–H and O–H groups in total. The highest BCUT2D eigenvalue weighted by molar-refractivity contribution is 6.04. The topological polar surface area (TPSA) is 81.9 Å². The fourth-order valence-electron chi connectivity index (χ4n) is 3.03. The zero-order valence-electron chi connectivity index (χ0n) is 15.4. The summed E-state index contributed by atoms with van der Waals surface area (Å²) in [6.07, 6.45) is 10.5. The number of aliphatic hydroxyl groups is 1. The van der Waals surface area contributed by atoms with Crippen LogP contribution < -0.4 is 9.88 Å². The van der Waals surface area contributed by atoms with Crippen LogP contribution in [0, 0.1) is 0 Å². The van der Waals surface area contributed by atoms with E-state index in [1.54, 1.807) is 27.0 Å². The minimum Gasteiger partial charge on any atom is -0.388 e. The van der Waals surface area contributed by atoms with Gasteiger partial charge in [0.05, 0.1) is 18.7 Å². The summed E-state index contributed by atoms with van der Waals surface area (Å²) >= 11 is 0. The number of hydrogen-bond donors (Lipinski definition) is 3. The molecule has 2 aromatic heterocycles. The quantitative estimate of drug-likeness (QED) is 0.745. The van der Waals surface area contributed by atoms with Crippen LogP contribution in [0.5, 0.6) is 0 Å². The molecule has 1 aliphatic carbocycles. The molecular weight excluding hydrogens is 316 g/mol. The molecule has 134 valence electrons. The molecule has 0 saturated heterocycles. The van der Waals surface area contributed by atoms with Gasteiger partial charge in [-0.2, -0.15) is 0 Å². The Balaban J connectivity index is 1.98. The summed E-state index contributed by atoms with van der Waals surface area (Å²) < 4.78 is 1.98. The van der Waals surface area contributed by atoms with Gasteiger partial charge in [-0.3, -0.25) is 4.79 Å². The number of nitrogens with one attached hydrogen (secondary N) is 2. The smallest absolute Gasteiger partial charge is 0.306 e. The standard InChI is InChI=1S/C19H26N4O2/c1-12(19(2,3)25)21-18(24)14-10-20-17-16(14)22-15(11-23(17)4)13-8-6-5-7-9-13/h8,10-12,25H,5-7,9H2,1-4H3,(H,21,24)/p+1. The zero-order chi connectivity index (χ0) is 18.2. The van der Waals surface area contributed by atoms with Gasteiger partial charge in [-0.15, -0.1) is 0 Å². The number of aromatic amines is 1. The van der Waals surface area contributed by atoms with Gasteiger partial charge in [-0.1, -0.05) is 6.08 Å². The van der Waals surface area contributed by atoms with E-state index in [4.69, 9.17) is 4.98 Å². The number of amides is 1. The Kier molecular flexibility index (Phi) is 4.64. The lowest BCUT2D eigenvalue weighted by Gasteiger charge is -2.26. The van der Waals surface area contributed by atoms with Crippen molar-refractivity contribution in [3.8, 4) is 0 Å². The highest BCUT2D eigenvalue weighted by Crippen LogP contribution is 2.26. The molecule has 0 saturated carbocycles. The number of rotatable bonds is 4. The van der Waals surface area contributed by atoms with Crippen molar-refractivity contribution in [2.45, 2.75) is 58.1 Å². The second-order valence-electron chi connectivity index (χ2n) is 7.46. The molecule has 0 aromatic carbocycles. The first-order valence-electron chi connectivity index (χ1n) is 8.88. The molecule has 0 radical (unpaired) electrons. The van der Waals surface area contributed by atoms with Gasteiger partial charge < -0.3 is 10.4 Å². The molecule has 25 heavy (non-hydrogen) atoms. The molecule has 1 aliphatic rings. The Hall–Kier alpha value is -2.21. The second kappa shape index (κ2) is 6.59. The minimum atomic E-state index is -0.988. The number of carbonyl (C=O) groups is 1. The number of allylic oxidation sites excluding steroid dienone is 2. The number of aryl methyl sites for hydroxylation is 1. The second-order valence-corrected chi connectivity index (χ2v) is 7.46. The number of nitrogens with zero attached hydrogens (tertiary/aromatic N) is 2. The third-order valence-corrected chi connectivity index (χ3v) is 5.01. The van der Waals surface area contributed by atoms with Crippen LogP contribution in [0.3, 0.4) is 0 Å². The summed E-state index contributed by atoms with van der Waals surface area (Å²) in [4.78, 5) is 20.6. The lowest BCUT2D eigenvalue weighted by Crippen LogP contribution is -2.47. The molecule has 3 rings (SSSR count). The molecule has 1 unspecified atom stereocenters. The van der Waals surface area contributed by atoms with Gasteiger partial charge >= 0.3 is 5.65 Å². The van der Waals surface area contributed by atoms with E-state index in [9.17, 15) is 9.90 Å². The number of carbonyl (C=O) groups excluding carboxylic acids is 1. The van der Waals surface area contributed by atoms with Crippen LogP contribution in [0.15, 0.2) is 18.5 Å². The number of fused-ring (bicyclic) bond motifs is 1. The van der Waals surface area contributed by atoms with Crippen molar-refractivity contribution in [3.63, 3.8) is 0 Å². The lowest BCUT2D eigenvalue weighted by molar-refractivity contribution is -0.647. The van der Waals surface area contributed by atoms with Gasteiger partial charge in [0.15, 0.2) is 5.52 Å². The molecular formula is C19H27N4O2+. The van der Waals surface area contributed by atoms with E-state index in [2.05, 4.69) is 16.4 Å². The number of aromatic nitrogens is 3. The van der Waals surface area contributed by atoms with E-state index in [-0.39, 0.29) is 11.9 Å². The van der Waals surface area contributed by atoms with Crippen LogP contribution in [0.1, 0.15) is 62.5 Å². The fraction of sp³-hybridized carbons (Fsp3) is 0.526. The van der Waals surface area contributed by atoms with Gasteiger partial charge in [-0.25, -0.2) is 14.5 Å². The van der Waals surface area contributed by atoms with Crippen LogP contribution >= 0.6 is 0 Å². The van der Waals surface area contributed by atoms with Crippen LogP contribution in [0.25, 0.3) is 16.7 Å². The fourth-order valence-corrected chi connectivity index (χ4v) is 3.03. The normalized spacial score (nSPS) is 16.6. The van der Waals surface area contributed by atoms with Crippen molar-refractivity contribution in [2.24, 2.45) is 7.05 Å². The van der Waals surface area contributed by atoms with E-state index in [0.717, 1.165) is 24.2 Å². The maximum Gasteiger partial charge on any atom is 0.306 e. The number of H-pyrrole nitrogens is 1. The third-order valence-electron chi connectivity index (χ3n) is 5.01. The molecule has 0 aliphatic heterocycles. The summed E-state index contributed by atoms with van der Waals surface area (Å²) in [7, 11) is 1.95. The summed E-state index contributed by atoms with van der Waals surface area (Å²) in [5.41, 5.74) is 3.16. The van der Waals surface area contributed by atoms with E-state index in [1.807, 2.05) is 17.8 Å². The molecule has 0 bridgehead atoms. The lowest BCUT2D eigenvalue weighted by atomic mass is 9.97. The van der Waals surface area contributed by atoms with Crippen LogP contribution in [-0.4, -0.2) is 32.6 Å². The van der Waals surface area contributed by atoms with E-state index < -0.39 is 5.60 Å². The van der Waals surface area contributed by atoms with Gasteiger partial charge in [0.2, 0.25) is 0 Å². The van der Waals surface area contributed by atoms with Crippen molar-refractivity contribution < 1.29 is 14.5 Å². The minimum absolute atomic E-state index is 0.233. The Morgan fingerprint density at radius 1 is 1.44 bits per heavy atom. The first kappa shape index (κ1) is 17.6. The highest BCUT2D eigenvalue weighted by atomic mass is 16.3. The third kappa shape index (κ3) is 3.58. The van der Waals surface area contributed by atoms with Crippen molar-refractivity contribution >= 4 is 22.6 Å². The largest absolute Gasteiger partial charge is 0.388 e. The summed E-state index contributed by atoms with van der Waals surface area (Å²) in [5, 5.41) is 12.9. The zero-order valence-corrected chi connectivity index (χ0v) is 15.4. The molecule has 0 spiro atoms.